The number of amides is 1. The number of rotatable bonds is 4. The second-order valence-corrected chi connectivity index (χ2v) is 5.77. The summed E-state index contributed by atoms with van der Waals surface area (Å²) in [5.41, 5.74) is 1.06. The standard InChI is InChI=1S/C14H21BN2O4/c1-14(2,3)21-13(19)17-11(6-12(18)20-4)9-5-10(15)8-16-7-9/h5,7-8,11H,6,15H2,1-4H3,(H,17,19)/t11-/m0/s1. The Labute approximate surface area is 125 Å². The number of carbonyl (C=O) groups is 2. The average molecular weight is 292 g/mol. The van der Waals surface area contributed by atoms with E-state index in [0.717, 1.165) is 11.0 Å². The first-order valence-electron chi connectivity index (χ1n) is 6.69. The van der Waals surface area contributed by atoms with Crippen LogP contribution in [0.5, 0.6) is 0 Å². The summed E-state index contributed by atoms with van der Waals surface area (Å²) in [4.78, 5) is 27.5. The third kappa shape index (κ3) is 6.29. The molecule has 21 heavy (non-hydrogen) atoms. The molecule has 0 aliphatic rings. The zero-order valence-electron chi connectivity index (χ0n) is 13.1. The lowest BCUT2D eigenvalue weighted by Gasteiger charge is -2.23. The molecule has 0 unspecified atom stereocenters. The van der Waals surface area contributed by atoms with Crippen LogP contribution in [0, 0.1) is 0 Å². The molecular formula is C14H21BN2O4. The third-order valence-corrected chi connectivity index (χ3v) is 2.59. The van der Waals surface area contributed by atoms with E-state index in [1.807, 2.05) is 13.9 Å². The van der Waals surface area contributed by atoms with Gasteiger partial charge in [-0.3, -0.25) is 9.78 Å². The van der Waals surface area contributed by atoms with Crippen molar-refractivity contribution in [2.75, 3.05) is 7.11 Å². The van der Waals surface area contributed by atoms with Gasteiger partial charge in [-0.1, -0.05) is 11.5 Å². The second-order valence-electron chi connectivity index (χ2n) is 5.77. The average Bonchev–Trinajstić information content (AvgIpc) is 2.35. The van der Waals surface area contributed by atoms with E-state index < -0.39 is 23.7 Å². The van der Waals surface area contributed by atoms with E-state index in [2.05, 4.69) is 15.0 Å². The molecule has 0 aromatic carbocycles. The molecule has 0 aliphatic heterocycles. The summed E-state index contributed by atoms with van der Waals surface area (Å²) in [7, 11) is 3.19. The van der Waals surface area contributed by atoms with Crippen LogP contribution in [0.1, 0.15) is 38.8 Å². The highest BCUT2D eigenvalue weighted by Gasteiger charge is 2.23. The summed E-state index contributed by atoms with van der Waals surface area (Å²) in [6, 6.07) is 1.32. The van der Waals surface area contributed by atoms with Crippen molar-refractivity contribution in [3.63, 3.8) is 0 Å². The number of alkyl carbamates (subject to hydrolysis) is 1. The Hall–Kier alpha value is -2.05. The highest BCUT2D eigenvalue weighted by molar-refractivity contribution is 6.32. The van der Waals surface area contributed by atoms with Crippen molar-refractivity contribution in [1.82, 2.24) is 10.3 Å². The number of pyridine rings is 1. The van der Waals surface area contributed by atoms with Gasteiger partial charge in [0, 0.05) is 12.4 Å². The molecule has 1 N–H and O–H groups in total. The molecule has 0 bridgehead atoms. The first kappa shape index (κ1) is 17.0. The summed E-state index contributed by atoms with van der Waals surface area (Å²) in [5, 5.41) is 2.68. The number of nitrogens with one attached hydrogen (secondary N) is 1. The van der Waals surface area contributed by atoms with Crippen LogP contribution in [0.4, 0.5) is 4.79 Å². The lowest BCUT2D eigenvalue weighted by molar-refractivity contribution is -0.141. The normalized spacial score (nSPS) is 12.4. The first-order chi connectivity index (χ1) is 9.71. The molecular weight excluding hydrogens is 271 g/mol. The summed E-state index contributed by atoms with van der Waals surface area (Å²) in [6.07, 6.45) is 2.74. The van der Waals surface area contributed by atoms with Gasteiger partial charge in [-0.2, -0.15) is 0 Å². The molecule has 114 valence electrons. The van der Waals surface area contributed by atoms with E-state index in [4.69, 9.17) is 4.74 Å². The van der Waals surface area contributed by atoms with Crippen LogP contribution >= 0.6 is 0 Å². The molecule has 6 nitrogen and oxygen atoms in total. The summed E-state index contributed by atoms with van der Waals surface area (Å²) >= 11 is 0. The van der Waals surface area contributed by atoms with Crippen LogP contribution in [0.25, 0.3) is 0 Å². The van der Waals surface area contributed by atoms with Gasteiger partial charge in [0.25, 0.3) is 0 Å². The minimum atomic E-state index is -0.606. The molecule has 1 heterocycles. The summed E-state index contributed by atoms with van der Waals surface area (Å²) in [6.45, 7) is 5.32. The Morgan fingerprint density at radius 1 is 1.38 bits per heavy atom. The zero-order chi connectivity index (χ0) is 16.0. The monoisotopic (exact) mass is 292 g/mol. The number of esters is 1. The highest BCUT2D eigenvalue weighted by Crippen LogP contribution is 2.17. The number of aromatic nitrogens is 1. The van der Waals surface area contributed by atoms with Crippen molar-refractivity contribution in [3.8, 4) is 0 Å². The Morgan fingerprint density at radius 3 is 2.57 bits per heavy atom. The Balaban J connectivity index is 2.87. The highest BCUT2D eigenvalue weighted by atomic mass is 16.6. The summed E-state index contributed by atoms with van der Waals surface area (Å²) < 4.78 is 9.88. The lowest BCUT2D eigenvalue weighted by Crippen LogP contribution is -2.36. The predicted molar refractivity (Wildman–Crippen MR) is 81.2 cm³/mol. The molecule has 0 saturated carbocycles. The maximum Gasteiger partial charge on any atom is 0.408 e. The van der Waals surface area contributed by atoms with Crippen molar-refractivity contribution in [1.29, 1.82) is 0 Å². The molecule has 1 aromatic heterocycles. The number of hydrogen-bond acceptors (Lipinski definition) is 5. The maximum atomic E-state index is 11.9. The maximum absolute atomic E-state index is 11.9. The number of methoxy groups -OCH3 is 1. The molecule has 0 saturated heterocycles. The fraction of sp³-hybridized carbons (Fsp3) is 0.500. The third-order valence-electron chi connectivity index (χ3n) is 2.59. The number of nitrogens with zero attached hydrogens (tertiary/aromatic N) is 1. The fourth-order valence-corrected chi connectivity index (χ4v) is 1.72. The zero-order valence-corrected chi connectivity index (χ0v) is 13.1. The first-order valence-corrected chi connectivity index (χ1v) is 6.69. The Morgan fingerprint density at radius 2 is 2.05 bits per heavy atom. The van der Waals surface area contributed by atoms with Gasteiger partial charge in [0.15, 0.2) is 0 Å². The van der Waals surface area contributed by atoms with Crippen LogP contribution in [0.2, 0.25) is 0 Å². The van der Waals surface area contributed by atoms with Crippen molar-refractivity contribution < 1.29 is 19.1 Å². The number of ether oxygens (including phenoxy) is 2. The van der Waals surface area contributed by atoms with Crippen molar-refractivity contribution in [2.24, 2.45) is 0 Å². The molecule has 0 spiro atoms. The van der Waals surface area contributed by atoms with Crippen molar-refractivity contribution in [3.05, 3.63) is 24.0 Å². The van der Waals surface area contributed by atoms with Gasteiger partial charge in [0.2, 0.25) is 0 Å². The molecule has 1 atom stereocenters. The molecule has 0 radical (unpaired) electrons. The smallest absolute Gasteiger partial charge is 0.408 e. The van der Waals surface area contributed by atoms with E-state index in [0.29, 0.717) is 0 Å². The van der Waals surface area contributed by atoms with Crippen LogP contribution in [0.15, 0.2) is 18.5 Å². The van der Waals surface area contributed by atoms with Gasteiger partial charge in [-0.05, 0) is 26.3 Å². The Kier molecular flexibility index (Phi) is 5.75. The van der Waals surface area contributed by atoms with Crippen LogP contribution in [-0.4, -0.2) is 37.6 Å². The van der Waals surface area contributed by atoms with Crippen molar-refractivity contribution >= 4 is 25.4 Å². The molecule has 1 amide bonds. The van der Waals surface area contributed by atoms with E-state index in [9.17, 15) is 9.59 Å². The minimum absolute atomic E-state index is 0.0148. The molecule has 7 heteroatoms. The van der Waals surface area contributed by atoms with Gasteiger partial charge in [0.05, 0.1) is 19.6 Å². The second kappa shape index (κ2) is 7.10. The van der Waals surface area contributed by atoms with Gasteiger partial charge in [-0.25, -0.2) is 4.79 Å². The van der Waals surface area contributed by atoms with Crippen LogP contribution in [0.3, 0.4) is 0 Å². The van der Waals surface area contributed by atoms with Crippen LogP contribution < -0.4 is 10.8 Å². The Bertz CT molecular complexity index is 514. The fourth-order valence-electron chi connectivity index (χ4n) is 1.72. The lowest BCUT2D eigenvalue weighted by atomic mass is 9.94. The van der Waals surface area contributed by atoms with Gasteiger partial charge < -0.3 is 14.8 Å². The van der Waals surface area contributed by atoms with Gasteiger partial charge in [0.1, 0.15) is 13.4 Å². The van der Waals surface area contributed by atoms with E-state index >= 15 is 0 Å². The minimum Gasteiger partial charge on any atom is -0.469 e. The van der Waals surface area contributed by atoms with Gasteiger partial charge >= 0.3 is 12.1 Å². The number of hydrogen-bond donors (Lipinski definition) is 1. The van der Waals surface area contributed by atoms with Gasteiger partial charge in [-0.15, -0.1) is 0 Å². The van der Waals surface area contributed by atoms with Crippen LogP contribution in [-0.2, 0) is 14.3 Å². The predicted octanol–water partition coefficient (Wildman–Crippen LogP) is 0.469. The van der Waals surface area contributed by atoms with E-state index in [1.165, 1.54) is 7.11 Å². The number of carbonyl (C=O) groups excluding carboxylic acids is 2. The SMILES string of the molecule is Bc1cncc([C@H](CC(=O)OC)NC(=O)OC(C)(C)C)c1. The largest absolute Gasteiger partial charge is 0.469 e. The summed E-state index contributed by atoms with van der Waals surface area (Å²) in [5.74, 6) is -0.419. The van der Waals surface area contributed by atoms with Crippen molar-refractivity contribution in [2.45, 2.75) is 38.8 Å². The molecule has 1 aromatic rings. The topological polar surface area (TPSA) is 77.5 Å². The van der Waals surface area contributed by atoms with E-state index in [1.54, 1.807) is 33.2 Å². The van der Waals surface area contributed by atoms with E-state index in [-0.39, 0.29) is 6.42 Å². The quantitative estimate of drug-likeness (QED) is 0.644. The molecule has 1 rings (SSSR count). The molecule has 0 aliphatic carbocycles. The molecule has 0 fully saturated rings.